The number of halogens is 1. The maximum Gasteiger partial charge on any atom is 0.254 e. The van der Waals surface area contributed by atoms with Crippen LogP contribution >= 0.6 is 0 Å². The lowest BCUT2D eigenvalue weighted by atomic mass is 10.1. The van der Waals surface area contributed by atoms with Crippen LogP contribution < -0.4 is 4.90 Å². The summed E-state index contributed by atoms with van der Waals surface area (Å²) in [5.74, 6) is 0.925. The Morgan fingerprint density at radius 1 is 0.964 bits per heavy atom. The highest BCUT2D eigenvalue weighted by molar-refractivity contribution is 5.94. The molecule has 3 heterocycles. The summed E-state index contributed by atoms with van der Waals surface area (Å²) in [6.07, 6.45) is 1.84. The van der Waals surface area contributed by atoms with Crippen molar-refractivity contribution in [3.8, 4) is 5.82 Å². The number of anilines is 1. The van der Waals surface area contributed by atoms with Crippen molar-refractivity contribution in [1.82, 2.24) is 24.9 Å². The van der Waals surface area contributed by atoms with E-state index in [1.54, 1.807) is 28.6 Å². The van der Waals surface area contributed by atoms with Gasteiger partial charge in [0.25, 0.3) is 5.91 Å². The third kappa shape index (κ3) is 3.58. The number of amides is 1. The molecule has 1 aromatic carbocycles. The summed E-state index contributed by atoms with van der Waals surface area (Å²) in [6, 6.07) is 10.3. The van der Waals surface area contributed by atoms with Gasteiger partial charge in [0.2, 0.25) is 0 Å². The van der Waals surface area contributed by atoms with E-state index in [-0.39, 0.29) is 11.7 Å². The number of hydrogen-bond acceptors (Lipinski definition) is 5. The predicted octanol–water partition coefficient (Wildman–Crippen LogP) is 2.38. The minimum atomic E-state index is -0.354. The Balaban J connectivity index is 1.39. The van der Waals surface area contributed by atoms with Crippen LogP contribution in [0, 0.1) is 19.7 Å². The molecule has 0 radical (unpaired) electrons. The fourth-order valence-corrected chi connectivity index (χ4v) is 3.20. The van der Waals surface area contributed by atoms with Gasteiger partial charge in [-0.3, -0.25) is 4.79 Å². The lowest BCUT2D eigenvalue weighted by molar-refractivity contribution is 0.0746. The van der Waals surface area contributed by atoms with Crippen molar-refractivity contribution in [2.24, 2.45) is 0 Å². The van der Waals surface area contributed by atoms with E-state index in [0.717, 1.165) is 11.5 Å². The number of aromatic nitrogens is 4. The summed E-state index contributed by atoms with van der Waals surface area (Å²) in [5, 5.41) is 12.9. The highest BCUT2D eigenvalue weighted by atomic mass is 19.1. The molecule has 2 aromatic heterocycles. The maximum absolute atomic E-state index is 13.7. The predicted molar refractivity (Wildman–Crippen MR) is 103 cm³/mol. The number of hydrogen-bond donors (Lipinski definition) is 0. The first-order valence-corrected chi connectivity index (χ1v) is 9.18. The van der Waals surface area contributed by atoms with Gasteiger partial charge in [0, 0.05) is 37.9 Å². The molecule has 1 amide bonds. The number of piperazine rings is 1. The fourth-order valence-electron chi connectivity index (χ4n) is 3.20. The Bertz CT molecular complexity index is 992. The second kappa shape index (κ2) is 7.38. The van der Waals surface area contributed by atoms with Crippen molar-refractivity contribution >= 4 is 11.7 Å². The molecule has 8 heteroatoms. The fraction of sp³-hybridized carbons (Fsp3) is 0.300. The number of carbonyl (C=O) groups is 1. The monoisotopic (exact) mass is 380 g/mol. The van der Waals surface area contributed by atoms with Gasteiger partial charge < -0.3 is 9.80 Å². The zero-order chi connectivity index (χ0) is 19.7. The van der Waals surface area contributed by atoms with Gasteiger partial charge in [0.15, 0.2) is 11.6 Å². The average Bonchev–Trinajstić information content (AvgIpc) is 3.16. The quantitative estimate of drug-likeness (QED) is 0.698. The molecule has 1 aliphatic heterocycles. The SMILES string of the molecule is Cc1ccn(-c2ccc(N3CCN(C(=O)c4ccc(C)c(F)c4)CC3)nn2)n1. The van der Waals surface area contributed by atoms with Gasteiger partial charge >= 0.3 is 0 Å². The van der Waals surface area contributed by atoms with Crippen molar-refractivity contribution in [3.63, 3.8) is 0 Å². The molecule has 1 aliphatic rings. The number of rotatable bonds is 3. The standard InChI is InChI=1S/C20H21FN6O/c1-14-3-4-16(13-17(14)21)20(28)26-11-9-25(10-12-26)18-5-6-19(23-22-18)27-8-7-15(2)24-27/h3-8,13H,9-12H2,1-2H3. The van der Waals surface area contributed by atoms with E-state index in [1.807, 2.05) is 31.3 Å². The number of carbonyl (C=O) groups excluding carboxylic acids is 1. The first-order valence-electron chi connectivity index (χ1n) is 9.18. The Morgan fingerprint density at radius 3 is 2.29 bits per heavy atom. The summed E-state index contributed by atoms with van der Waals surface area (Å²) in [5.41, 5.74) is 1.84. The van der Waals surface area contributed by atoms with Gasteiger partial charge in [-0.15, -0.1) is 10.2 Å². The molecule has 1 saturated heterocycles. The number of nitrogens with zero attached hydrogens (tertiary/aromatic N) is 6. The number of benzene rings is 1. The Kier molecular flexibility index (Phi) is 4.77. The van der Waals surface area contributed by atoms with E-state index in [9.17, 15) is 9.18 Å². The molecule has 0 spiro atoms. The minimum Gasteiger partial charge on any atom is -0.352 e. The summed E-state index contributed by atoms with van der Waals surface area (Å²) in [7, 11) is 0. The van der Waals surface area contributed by atoms with Crippen LogP contribution in [0.25, 0.3) is 5.82 Å². The Hall–Kier alpha value is -3.29. The van der Waals surface area contributed by atoms with Crippen LogP contribution in [0.5, 0.6) is 0 Å². The zero-order valence-corrected chi connectivity index (χ0v) is 15.8. The van der Waals surface area contributed by atoms with Gasteiger partial charge in [-0.05, 0) is 49.7 Å². The molecule has 4 rings (SSSR count). The van der Waals surface area contributed by atoms with Gasteiger partial charge in [-0.2, -0.15) is 5.10 Å². The van der Waals surface area contributed by atoms with Crippen LogP contribution in [-0.2, 0) is 0 Å². The van der Waals surface area contributed by atoms with E-state index >= 15 is 0 Å². The lowest BCUT2D eigenvalue weighted by Crippen LogP contribution is -2.49. The molecule has 28 heavy (non-hydrogen) atoms. The average molecular weight is 380 g/mol. The molecule has 1 fully saturated rings. The van der Waals surface area contributed by atoms with Crippen LogP contribution in [0.2, 0.25) is 0 Å². The van der Waals surface area contributed by atoms with E-state index in [2.05, 4.69) is 20.2 Å². The summed E-state index contributed by atoms with van der Waals surface area (Å²) >= 11 is 0. The largest absolute Gasteiger partial charge is 0.352 e. The lowest BCUT2D eigenvalue weighted by Gasteiger charge is -2.35. The van der Waals surface area contributed by atoms with Crippen molar-refractivity contribution in [2.45, 2.75) is 13.8 Å². The molecule has 0 bridgehead atoms. The zero-order valence-electron chi connectivity index (χ0n) is 15.8. The highest BCUT2D eigenvalue weighted by Gasteiger charge is 2.23. The van der Waals surface area contributed by atoms with E-state index in [0.29, 0.717) is 43.1 Å². The third-order valence-electron chi connectivity index (χ3n) is 4.90. The van der Waals surface area contributed by atoms with Gasteiger partial charge in [0.1, 0.15) is 5.82 Å². The molecular formula is C20H21FN6O. The van der Waals surface area contributed by atoms with Crippen LogP contribution in [0.15, 0.2) is 42.6 Å². The van der Waals surface area contributed by atoms with Gasteiger partial charge in [-0.25, -0.2) is 9.07 Å². The first-order chi connectivity index (χ1) is 13.5. The minimum absolute atomic E-state index is 0.144. The van der Waals surface area contributed by atoms with Crippen molar-refractivity contribution < 1.29 is 9.18 Å². The Morgan fingerprint density at radius 2 is 1.68 bits per heavy atom. The van der Waals surface area contributed by atoms with Crippen LogP contribution in [0.3, 0.4) is 0 Å². The molecule has 0 saturated carbocycles. The van der Waals surface area contributed by atoms with Crippen molar-refractivity contribution in [3.05, 3.63) is 65.2 Å². The summed E-state index contributed by atoms with van der Waals surface area (Å²) in [6.45, 7) is 6.00. The van der Waals surface area contributed by atoms with Crippen molar-refractivity contribution in [1.29, 1.82) is 0 Å². The van der Waals surface area contributed by atoms with Gasteiger partial charge in [-0.1, -0.05) is 6.07 Å². The molecule has 0 atom stereocenters. The van der Waals surface area contributed by atoms with Crippen LogP contribution in [-0.4, -0.2) is 57.0 Å². The second-order valence-corrected chi connectivity index (χ2v) is 6.89. The summed E-state index contributed by atoms with van der Waals surface area (Å²) < 4.78 is 15.4. The molecule has 0 N–H and O–H groups in total. The van der Waals surface area contributed by atoms with E-state index in [4.69, 9.17) is 0 Å². The molecule has 0 aliphatic carbocycles. The van der Waals surface area contributed by atoms with Crippen molar-refractivity contribution in [2.75, 3.05) is 31.1 Å². The van der Waals surface area contributed by atoms with Crippen LogP contribution in [0.4, 0.5) is 10.2 Å². The van der Waals surface area contributed by atoms with Crippen LogP contribution in [0.1, 0.15) is 21.6 Å². The van der Waals surface area contributed by atoms with Gasteiger partial charge in [0.05, 0.1) is 5.69 Å². The third-order valence-corrected chi connectivity index (χ3v) is 4.90. The Labute approximate surface area is 162 Å². The van der Waals surface area contributed by atoms with E-state index < -0.39 is 0 Å². The highest BCUT2D eigenvalue weighted by Crippen LogP contribution is 2.17. The molecule has 3 aromatic rings. The number of aryl methyl sites for hydroxylation is 2. The van der Waals surface area contributed by atoms with E-state index in [1.165, 1.54) is 6.07 Å². The molecule has 144 valence electrons. The topological polar surface area (TPSA) is 67.2 Å². The normalized spacial score (nSPS) is 14.4. The second-order valence-electron chi connectivity index (χ2n) is 6.89. The molecule has 7 nitrogen and oxygen atoms in total. The first kappa shape index (κ1) is 18.1. The maximum atomic E-state index is 13.7. The summed E-state index contributed by atoms with van der Waals surface area (Å²) in [4.78, 5) is 16.4. The molecule has 0 unspecified atom stereocenters. The molecular weight excluding hydrogens is 359 g/mol. The smallest absolute Gasteiger partial charge is 0.254 e.